The monoisotopic (exact) mass is 433 g/mol. The maximum Gasteiger partial charge on any atom is 0.331 e. The molecule has 0 radical (unpaired) electrons. The van der Waals surface area contributed by atoms with Crippen LogP contribution in [0.4, 0.5) is 5.69 Å². The number of nitrogens with zero attached hydrogens (tertiary/aromatic N) is 2. The molecule has 0 aliphatic carbocycles. The molecule has 0 atom stereocenters. The number of aromatic nitrogens is 2. The normalized spacial score (nSPS) is 11.2. The summed E-state index contributed by atoms with van der Waals surface area (Å²) in [5.41, 5.74) is 0.0495. The van der Waals surface area contributed by atoms with Gasteiger partial charge in [-0.15, -0.1) is 0 Å². The molecule has 1 amide bonds. The summed E-state index contributed by atoms with van der Waals surface area (Å²) >= 11 is 11.9. The molecule has 3 rings (SSSR count). The van der Waals surface area contributed by atoms with Crippen LogP contribution in [-0.4, -0.2) is 15.0 Å². The lowest BCUT2D eigenvalue weighted by molar-refractivity contribution is -0.116. The fourth-order valence-corrected chi connectivity index (χ4v) is 3.32. The number of fused-ring (bicyclic) bond motifs is 1. The Bertz CT molecular complexity index is 1180. The number of anilines is 1. The van der Waals surface area contributed by atoms with Crippen LogP contribution >= 0.6 is 23.2 Å². The third-order valence-corrected chi connectivity index (χ3v) is 5.31. The summed E-state index contributed by atoms with van der Waals surface area (Å²) in [6, 6.07) is 11.5. The molecule has 1 heterocycles. The summed E-state index contributed by atoms with van der Waals surface area (Å²) < 4.78 is 2.53. The zero-order chi connectivity index (χ0) is 21.1. The van der Waals surface area contributed by atoms with Crippen LogP contribution in [0.5, 0.6) is 0 Å². The molecule has 0 spiro atoms. The van der Waals surface area contributed by atoms with Gasteiger partial charge in [0, 0.05) is 12.2 Å². The predicted octanol–water partition coefficient (Wildman–Crippen LogP) is 4.15. The fraction of sp³-hybridized carbons (Fsp3) is 0.286. The Balaban J connectivity index is 1.99. The molecule has 0 bridgehead atoms. The van der Waals surface area contributed by atoms with Crippen molar-refractivity contribution in [1.82, 2.24) is 9.13 Å². The van der Waals surface area contributed by atoms with Crippen molar-refractivity contribution >= 4 is 45.7 Å². The molecule has 3 aromatic rings. The van der Waals surface area contributed by atoms with Crippen molar-refractivity contribution in [2.24, 2.45) is 5.92 Å². The first-order valence-electron chi connectivity index (χ1n) is 9.25. The second kappa shape index (κ2) is 8.84. The van der Waals surface area contributed by atoms with E-state index in [0.29, 0.717) is 45.5 Å². The van der Waals surface area contributed by atoms with E-state index >= 15 is 0 Å². The van der Waals surface area contributed by atoms with E-state index in [1.54, 1.807) is 36.4 Å². The first kappa shape index (κ1) is 21.1. The van der Waals surface area contributed by atoms with Crippen LogP contribution in [-0.2, 0) is 17.9 Å². The molecule has 0 unspecified atom stereocenters. The van der Waals surface area contributed by atoms with E-state index < -0.39 is 11.6 Å². The van der Waals surface area contributed by atoms with Crippen molar-refractivity contribution in [3.63, 3.8) is 0 Å². The molecule has 1 aromatic heterocycles. The maximum atomic E-state index is 13.0. The first-order chi connectivity index (χ1) is 13.8. The van der Waals surface area contributed by atoms with Gasteiger partial charge in [-0.25, -0.2) is 4.79 Å². The molecule has 0 saturated carbocycles. The van der Waals surface area contributed by atoms with Gasteiger partial charge in [-0.3, -0.25) is 18.7 Å². The maximum absolute atomic E-state index is 13.0. The van der Waals surface area contributed by atoms with Gasteiger partial charge in [-0.05, 0) is 42.7 Å². The van der Waals surface area contributed by atoms with E-state index in [9.17, 15) is 14.4 Å². The Morgan fingerprint density at radius 3 is 2.45 bits per heavy atom. The number of hydrogen-bond acceptors (Lipinski definition) is 3. The molecule has 0 saturated heterocycles. The molecular formula is C21H21Cl2N3O3. The van der Waals surface area contributed by atoms with Gasteiger partial charge in [0.1, 0.15) is 6.54 Å². The lowest BCUT2D eigenvalue weighted by atomic mass is 10.1. The average Bonchev–Trinajstić information content (AvgIpc) is 2.68. The Hall–Kier alpha value is -2.57. The van der Waals surface area contributed by atoms with E-state index in [2.05, 4.69) is 5.32 Å². The van der Waals surface area contributed by atoms with Crippen LogP contribution in [0.25, 0.3) is 10.9 Å². The second-order valence-corrected chi connectivity index (χ2v) is 8.02. The van der Waals surface area contributed by atoms with Gasteiger partial charge < -0.3 is 5.32 Å². The minimum atomic E-state index is -0.501. The lowest BCUT2D eigenvalue weighted by Crippen LogP contribution is -2.42. The highest BCUT2D eigenvalue weighted by molar-refractivity contribution is 6.42. The van der Waals surface area contributed by atoms with Crippen molar-refractivity contribution in [3.8, 4) is 0 Å². The number of rotatable bonds is 6. The van der Waals surface area contributed by atoms with Crippen molar-refractivity contribution in [2.45, 2.75) is 33.4 Å². The average molecular weight is 434 g/mol. The summed E-state index contributed by atoms with van der Waals surface area (Å²) in [7, 11) is 0. The molecule has 8 heteroatoms. The van der Waals surface area contributed by atoms with E-state index in [4.69, 9.17) is 23.2 Å². The number of carbonyl (C=O) groups excluding carboxylic acids is 1. The molecular weight excluding hydrogens is 413 g/mol. The Morgan fingerprint density at radius 2 is 1.76 bits per heavy atom. The Kier molecular flexibility index (Phi) is 6.45. The van der Waals surface area contributed by atoms with Crippen LogP contribution in [0, 0.1) is 5.92 Å². The highest BCUT2D eigenvalue weighted by Crippen LogP contribution is 2.25. The van der Waals surface area contributed by atoms with E-state index in [1.165, 1.54) is 15.2 Å². The standard InChI is InChI=1S/C21H21Cl2N3O3/c1-13(2)9-10-25-20(28)15-5-3-4-6-18(15)26(21(25)29)12-19(27)24-14-7-8-16(22)17(23)11-14/h3-8,11,13H,9-10,12H2,1-2H3,(H,24,27). The highest BCUT2D eigenvalue weighted by Gasteiger charge is 2.15. The summed E-state index contributed by atoms with van der Waals surface area (Å²) in [6.07, 6.45) is 0.683. The lowest BCUT2D eigenvalue weighted by Gasteiger charge is -2.15. The summed E-state index contributed by atoms with van der Waals surface area (Å²) in [6.45, 7) is 4.11. The number of carbonyl (C=O) groups is 1. The smallest absolute Gasteiger partial charge is 0.324 e. The second-order valence-electron chi connectivity index (χ2n) is 7.20. The molecule has 2 aromatic carbocycles. The van der Waals surface area contributed by atoms with Crippen molar-refractivity contribution in [2.75, 3.05) is 5.32 Å². The van der Waals surface area contributed by atoms with Crippen molar-refractivity contribution < 1.29 is 4.79 Å². The summed E-state index contributed by atoms with van der Waals surface area (Å²) in [5, 5.41) is 3.80. The summed E-state index contributed by atoms with van der Waals surface area (Å²) in [4.78, 5) is 38.4. The molecule has 1 N–H and O–H groups in total. The van der Waals surface area contributed by atoms with E-state index in [-0.39, 0.29) is 12.1 Å². The molecule has 6 nitrogen and oxygen atoms in total. The van der Waals surface area contributed by atoms with Gasteiger partial charge in [0.25, 0.3) is 5.56 Å². The van der Waals surface area contributed by atoms with Crippen LogP contribution in [0.1, 0.15) is 20.3 Å². The topological polar surface area (TPSA) is 73.1 Å². The SMILES string of the molecule is CC(C)CCn1c(=O)c2ccccc2n(CC(=O)Nc2ccc(Cl)c(Cl)c2)c1=O. The number of halogens is 2. The molecule has 152 valence electrons. The van der Waals surface area contributed by atoms with E-state index in [0.717, 1.165) is 0 Å². The van der Waals surface area contributed by atoms with Crippen molar-refractivity contribution in [1.29, 1.82) is 0 Å². The molecule has 0 fully saturated rings. The van der Waals surface area contributed by atoms with Gasteiger partial charge in [0.05, 0.1) is 20.9 Å². The highest BCUT2D eigenvalue weighted by atomic mass is 35.5. The minimum Gasteiger partial charge on any atom is -0.324 e. The van der Waals surface area contributed by atoms with Crippen LogP contribution in [0.3, 0.4) is 0 Å². The number of hydrogen-bond donors (Lipinski definition) is 1. The third-order valence-electron chi connectivity index (χ3n) is 4.57. The van der Waals surface area contributed by atoms with Crippen LogP contribution in [0.15, 0.2) is 52.1 Å². The van der Waals surface area contributed by atoms with Crippen LogP contribution < -0.4 is 16.6 Å². The van der Waals surface area contributed by atoms with Gasteiger partial charge >= 0.3 is 5.69 Å². The first-order valence-corrected chi connectivity index (χ1v) is 10.0. The van der Waals surface area contributed by atoms with E-state index in [1.807, 2.05) is 13.8 Å². The van der Waals surface area contributed by atoms with Gasteiger partial charge in [0.2, 0.25) is 5.91 Å². The molecule has 29 heavy (non-hydrogen) atoms. The zero-order valence-electron chi connectivity index (χ0n) is 16.1. The largest absolute Gasteiger partial charge is 0.331 e. The molecule has 0 aliphatic rings. The number of para-hydroxylation sites is 1. The predicted molar refractivity (Wildman–Crippen MR) is 117 cm³/mol. The Labute approximate surface area is 177 Å². The van der Waals surface area contributed by atoms with Gasteiger partial charge in [-0.1, -0.05) is 49.2 Å². The van der Waals surface area contributed by atoms with Crippen LogP contribution in [0.2, 0.25) is 10.0 Å². The number of amides is 1. The fourth-order valence-electron chi connectivity index (χ4n) is 3.03. The molecule has 0 aliphatic heterocycles. The number of nitrogens with one attached hydrogen (secondary N) is 1. The van der Waals surface area contributed by atoms with Crippen molar-refractivity contribution in [3.05, 3.63) is 73.3 Å². The number of benzene rings is 2. The quantitative estimate of drug-likeness (QED) is 0.634. The zero-order valence-corrected chi connectivity index (χ0v) is 17.6. The minimum absolute atomic E-state index is 0.235. The Morgan fingerprint density at radius 1 is 1.03 bits per heavy atom. The third kappa shape index (κ3) is 4.71. The van der Waals surface area contributed by atoms with Gasteiger partial charge in [0.15, 0.2) is 0 Å². The van der Waals surface area contributed by atoms with Gasteiger partial charge in [-0.2, -0.15) is 0 Å². The summed E-state index contributed by atoms with van der Waals surface area (Å²) in [5.74, 6) is -0.0797.